The number of hydrogen-bond acceptors (Lipinski definition) is 6. The molecule has 1 rings (SSSR count). The number of aliphatic carboxylic acids is 1. The van der Waals surface area contributed by atoms with Gasteiger partial charge in [0.15, 0.2) is 14.7 Å². The first-order chi connectivity index (χ1) is 13.0. The molecule has 156 valence electrons. The van der Waals surface area contributed by atoms with Gasteiger partial charge in [-0.2, -0.15) is 0 Å². The third kappa shape index (κ3) is 7.61. The maximum atomic E-state index is 13.6. The van der Waals surface area contributed by atoms with Crippen molar-refractivity contribution < 1.29 is 37.0 Å². The molecular weight excluding hydrogens is 440 g/mol. The molecule has 0 unspecified atom stereocenters. The van der Waals surface area contributed by atoms with Gasteiger partial charge in [-0.3, -0.25) is 14.4 Å². The number of halogens is 3. The Hall–Kier alpha value is -1.91. The van der Waals surface area contributed by atoms with E-state index in [9.17, 15) is 27.2 Å². The van der Waals surface area contributed by atoms with Crippen LogP contribution in [0.4, 0.5) is 4.39 Å². The van der Waals surface area contributed by atoms with E-state index in [1.807, 2.05) is 0 Å². The Bertz CT molecular complexity index is 815. The van der Waals surface area contributed by atoms with Crippen molar-refractivity contribution >= 4 is 50.9 Å². The second-order valence-electron chi connectivity index (χ2n) is 5.72. The Kier molecular flexibility index (Phi) is 9.12. The van der Waals surface area contributed by atoms with Crippen LogP contribution in [0.25, 0.3) is 0 Å². The summed E-state index contributed by atoms with van der Waals surface area (Å²) in [7, 11) is -3.49. The summed E-state index contributed by atoms with van der Waals surface area (Å²) in [5.41, 5.74) is 0.180. The summed E-state index contributed by atoms with van der Waals surface area (Å²) in [4.78, 5) is 32.7. The highest BCUT2D eigenvalue weighted by Crippen LogP contribution is 2.25. The lowest BCUT2D eigenvalue weighted by Crippen LogP contribution is -2.44. The van der Waals surface area contributed by atoms with Crippen LogP contribution in [0.5, 0.6) is 0 Å². The summed E-state index contributed by atoms with van der Waals surface area (Å²) in [5.74, 6) is -3.10. The van der Waals surface area contributed by atoms with Crippen molar-refractivity contribution in [3.63, 3.8) is 0 Å². The second kappa shape index (κ2) is 10.6. The minimum absolute atomic E-state index is 0.0189. The fourth-order valence-electron chi connectivity index (χ4n) is 2.14. The predicted octanol–water partition coefficient (Wildman–Crippen LogP) is 1.80. The van der Waals surface area contributed by atoms with Crippen LogP contribution in [-0.4, -0.2) is 55.2 Å². The molecule has 1 amide bonds. The van der Waals surface area contributed by atoms with Crippen LogP contribution < -0.4 is 5.32 Å². The highest BCUT2D eigenvalue weighted by molar-refractivity contribution is 7.90. The fourth-order valence-corrected chi connectivity index (χ4v) is 2.89. The molecule has 28 heavy (non-hydrogen) atoms. The Morgan fingerprint density at radius 2 is 1.75 bits per heavy atom. The van der Waals surface area contributed by atoms with E-state index in [0.717, 1.165) is 6.26 Å². The van der Waals surface area contributed by atoms with Crippen LogP contribution in [-0.2, 0) is 29.0 Å². The second-order valence-corrected chi connectivity index (χ2v) is 8.83. The Labute approximate surface area is 170 Å². The van der Waals surface area contributed by atoms with Crippen molar-refractivity contribution in [2.24, 2.45) is 0 Å². The number of sulfone groups is 1. The molecule has 0 aliphatic carbocycles. The van der Waals surface area contributed by atoms with Gasteiger partial charge < -0.3 is 15.2 Å². The zero-order chi connectivity index (χ0) is 21.5. The third-order valence-corrected chi connectivity index (χ3v) is 5.02. The number of ether oxygens (including phenoxy) is 1. The smallest absolute Gasteiger partial charge is 0.307 e. The van der Waals surface area contributed by atoms with Crippen molar-refractivity contribution in [1.82, 2.24) is 5.32 Å². The molecule has 0 radical (unpaired) electrons. The molecule has 0 aromatic heterocycles. The van der Waals surface area contributed by atoms with Gasteiger partial charge in [0.05, 0.1) is 23.8 Å². The molecule has 2 atom stereocenters. The number of rotatable bonds is 10. The predicted molar refractivity (Wildman–Crippen MR) is 98.7 cm³/mol. The van der Waals surface area contributed by atoms with E-state index in [1.165, 1.54) is 24.3 Å². The number of carboxylic acid groups (broad SMARTS) is 1. The fraction of sp³-hybridized carbons (Fsp3) is 0.438. The zero-order valence-electron chi connectivity index (χ0n) is 14.6. The molecular formula is C16H18Cl2FNO7S. The highest BCUT2D eigenvalue weighted by atomic mass is 35.5. The molecule has 2 N–H and O–H groups in total. The third-order valence-electron chi connectivity index (χ3n) is 3.50. The minimum Gasteiger partial charge on any atom is -0.481 e. The summed E-state index contributed by atoms with van der Waals surface area (Å²) in [6.07, 6.45) is -1.35. The number of carbonyl (C=O) groups excluding carboxylic acids is 2. The van der Waals surface area contributed by atoms with E-state index < -0.39 is 64.2 Å². The van der Waals surface area contributed by atoms with Gasteiger partial charge in [0.1, 0.15) is 12.8 Å². The van der Waals surface area contributed by atoms with E-state index in [1.54, 1.807) is 0 Å². The lowest BCUT2D eigenvalue weighted by Gasteiger charge is -2.26. The van der Waals surface area contributed by atoms with Gasteiger partial charge in [-0.15, -0.1) is 0 Å². The molecule has 0 saturated carbocycles. The molecule has 0 heterocycles. The van der Waals surface area contributed by atoms with Crippen LogP contribution in [0.15, 0.2) is 29.2 Å². The van der Waals surface area contributed by atoms with Gasteiger partial charge in [0.25, 0.3) is 5.91 Å². The summed E-state index contributed by atoms with van der Waals surface area (Å²) in [6, 6.07) is 3.65. The highest BCUT2D eigenvalue weighted by Gasteiger charge is 2.30. The maximum Gasteiger partial charge on any atom is 0.307 e. The van der Waals surface area contributed by atoms with Gasteiger partial charge in [0.2, 0.25) is 0 Å². The van der Waals surface area contributed by atoms with Gasteiger partial charge in [-0.05, 0) is 17.7 Å². The number of amides is 1. The van der Waals surface area contributed by atoms with Gasteiger partial charge in [0, 0.05) is 6.26 Å². The first-order valence-electron chi connectivity index (χ1n) is 7.81. The molecule has 1 aromatic rings. The van der Waals surface area contributed by atoms with Gasteiger partial charge in [-0.1, -0.05) is 35.3 Å². The number of esters is 1. The molecule has 0 aliphatic rings. The van der Waals surface area contributed by atoms with Crippen molar-refractivity contribution in [2.45, 2.75) is 34.7 Å². The normalized spacial score (nSPS) is 13.6. The van der Waals surface area contributed by atoms with Crippen molar-refractivity contribution in [1.29, 1.82) is 0 Å². The van der Waals surface area contributed by atoms with Crippen LogP contribution in [0.2, 0.25) is 0 Å². The molecule has 0 saturated heterocycles. The number of carbonyl (C=O) groups is 3. The summed E-state index contributed by atoms with van der Waals surface area (Å²) in [6.45, 7) is -1.17. The van der Waals surface area contributed by atoms with Gasteiger partial charge in [-0.25, -0.2) is 12.8 Å². The molecule has 0 spiro atoms. The summed E-state index contributed by atoms with van der Waals surface area (Å²) >= 11 is 10.9. The topological polar surface area (TPSA) is 127 Å². The van der Waals surface area contributed by atoms with E-state index in [-0.39, 0.29) is 10.5 Å². The Morgan fingerprint density at radius 1 is 1.18 bits per heavy atom. The van der Waals surface area contributed by atoms with Crippen LogP contribution in [0, 0.1) is 0 Å². The molecule has 0 bridgehead atoms. The van der Waals surface area contributed by atoms with Crippen LogP contribution >= 0.6 is 23.2 Å². The molecule has 1 aromatic carbocycles. The standard InChI is InChI=1S/C16H18Cl2FNO7S/c1-28(25,26)10-4-2-9(3-5-10)14(27-13(23)7-6-12(21)22)11(8-19)20-16(24)15(17)18/h2-5,11,14-15H,6-8H2,1H3,(H,20,24)(H,21,22)/t11-,14-/m1/s1. The first-order valence-corrected chi connectivity index (χ1v) is 10.6. The van der Waals surface area contributed by atoms with E-state index in [0.29, 0.717) is 0 Å². The lowest BCUT2D eigenvalue weighted by atomic mass is 10.0. The SMILES string of the molecule is CS(=O)(=O)c1ccc([C@@H](OC(=O)CCC(=O)O)[C@@H](CF)NC(=O)C(Cl)Cl)cc1. The number of alkyl halides is 3. The number of carboxylic acids is 1. The maximum absolute atomic E-state index is 13.6. The largest absolute Gasteiger partial charge is 0.481 e. The first kappa shape index (κ1) is 24.1. The average molecular weight is 458 g/mol. The molecule has 8 nitrogen and oxygen atoms in total. The van der Waals surface area contributed by atoms with Crippen molar-refractivity contribution in [3.8, 4) is 0 Å². The number of nitrogens with one attached hydrogen (secondary N) is 1. The van der Waals surface area contributed by atoms with Gasteiger partial charge >= 0.3 is 11.9 Å². The van der Waals surface area contributed by atoms with Crippen molar-refractivity contribution in [3.05, 3.63) is 29.8 Å². The summed E-state index contributed by atoms with van der Waals surface area (Å²) < 4.78 is 41.8. The van der Waals surface area contributed by atoms with E-state index in [2.05, 4.69) is 5.32 Å². The monoisotopic (exact) mass is 457 g/mol. The number of benzene rings is 1. The Balaban J connectivity index is 3.16. The minimum atomic E-state index is -3.49. The Morgan fingerprint density at radius 3 is 2.18 bits per heavy atom. The molecule has 0 aliphatic heterocycles. The molecule has 0 fully saturated rings. The number of hydrogen-bond donors (Lipinski definition) is 2. The van der Waals surface area contributed by atoms with E-state index in [4.69, 9.17) is 33.0 Å². The average Bonchev–Trinajstić information content (AvgIpc) is 2.61. The summed E-state index contributed by atoms with van der Waals surface area (Å²) in [5, 5.41) is 10.8. The zero-order valence-corrected chi connectivity index (χ0v) is 16.9. The lowest BCUT2D eigenvalue weighted by molar-refractivity contribution is -0.154. The van der Waals surface area contributed by atoms with Crippen molar-refractivity contribution in [2.75, 3.05) is 12.9 Å². The van der Waals surface area contributed by atoms with E-state index >= 15 is 0 Å². The van der Waals surface area contributed by atoms with Crippen LogP contribution in [0.3, 0.4) is 0 Å². The quantitative estimate of drug-likeness (QED) is 0.404. The van der Waals surface area contributed by atoms with Crippen LogP contribution in [0.1, 0.15) is 24.5 Å². The molecule has 12 heteroatoms.